The third kappa shape index (κ3) is 8.14. The van der Waals surface area contributed by atoms with Gasteiger partial charge in [0.05, 0.1) is 17.7 Å². The number of nitrogens with one attached hydrogen (secondary N) is 3. The summed E-state index contributed by atoms with van der Waals surface area (Å²) in [6, 6.07) is 13.0. The lowest BCUT2D eigenvalue weighted by Crippen LogP contribution is -2.37. The molecule has 2 amide bonds. The van der Waals surface area contributed by atoms with Crippen molar-refractivity contribution in [2.24, 2.45) is 0 Å². The van der Waals surface area contributed by atoms with E-state index in [2.05, 4.69) is 25.3 Å². The number of amides is 2. The first kappa shape index (κ1) is 29.4. The number of alkyl carbamates (subject to hydrolysis) is 1. The number of methoxy groups -OCH3 is 1. The summed E-state index contributed by atoms with van der Waals surface area (Å²) >= 11 is 0. The molecule has 3 N–H and O–H groups in total. The summed E-state index contributed by atoms with van der Waals surface area (Å²) in [6.07, 6.45) is -0.601. The van der Waals surface area contributed by atoms with Gasteiger partial charge in [-0.05, 0) is 63.9 Å². The van der Waals surface area contributed by atoms with E-state index < -0.39 is 27.6 Å². The maximum absolute atomic E-state index is 13.2. The van der Waals surface area contributed by atoms with Crippen LogP contribution in [0, 0.1) is 13.8 Å². The maximum atomic E-state index is 13.2. The van der Waals surface area contributed by atoms with Crippen LogP contribution in [-0.4, -0.2) is 56.2 Å². The Bertz CT molecular complexity index is 1450. The van der Waals surface area contributed by atoms with Gasteiger partial charge in [-0.1, -0.05) is 24.3 Å². The maximum Gasteiger partial charge on any atom is 0.407 e. The average molecular weight is 556 g/mol. The Hall–Kier alpha value is -4.19. The fourth-order valence-electron chi connectivity index (χ4n) is 3.66. The van der Waals surface area contributed by atoms with Gasteiger partial charge >= 0.3 is 6.09 Å². The van der Waals surface area contributed by atoms with Gasteiger partial charge in [0.25, 0.3) is 15.9 Å². The minimum Gasteiger partial charge on any atom is -0.481 e. The largest absolute Gasteiger partial charge is 0.481 e. The summed E-state index contributed by atoms with van der Waals surface area (Å²) < 4.78 is 39.2. The van der Waals surface area contributed by atoms with Gasteiger partial charge in [-0.2, -0.15) is 4.98 Å². The molecule has 0 unspecified atom stereocenters. The first-order valence-corrected chi connectivity index (χ1v) is 13.6. The smallest absolute Gasteiger partial charge is 0.407 e. The van der Waals surface area contributed by atoms with Crippen molar-refractivity contribution in [3.05, 3.63) is 65.2 Å². The summed E-state index contributed by atoms with van der Waals surface area (Å²) in [5, 5.41) is 5.17. The molecule has 3 aromatic rings. The van der Waals surface area contributed by atoms with Gasteiger partial charge in [0.2, 0.25) is 11.8 Å². The van der Waals surface area contributed by atoms with Crippen LogP contribution >= 0.6 is 0 Å². The Kier molecular flexibility index (Phi) is 9.12. The predicted molar refractivity (Wildman–Crippen MR) is 147 cm³/mol. The summed E-state index contributed by atoms with van der Waals surface area (Å²) in [5.74, 6) is -0.489. The van der Waals surface area contributed by atoms with Crippen LogP contribution in [0.25, 0.3) is 11.3 Å². The Labute approximate surface area is 228 Å². The molecule has 0 saturated heterocycles. The van der Waals surface area contributed by atoms with E-state index >= 15 is 0 Å². The molecule has 0 spiro atoms. The number of nitrogens with zero attached hydrogens (tertiary/aromatic N) is 2. The van der Waals surface area contributed by atoms with E-state index in [-0.39, 0.29) is 35.4 Å². The normalized spacial score (nSPS) is 11.4. The zero-order chi connectivity index (χ0) is 28.8. The summed E-state index contributed by atoms with van der Waals surface area (Å²) in [4.78, 5) is 32.7. The van der Waals surface area contributed by atoms with Crippen molar-refractivity contribution in [1.82, 2.24) is 20.6 Å². The number of benzene rings is 2. The van der Waals surface area contributed by atoms with Gasteiger partial charge in [-0.15, -0.1) is 0 Å². The van der Waals surface area contributed by atoms with E-state index in [0.29, 0.717) is 5.69 Å². The molecule has 12 heteroatoms. The molecule has 1 aromatic heterocycles. The van der Waals surface area contributed by atoms with Crippen LogP contribution in [0.15, 0.2) is 53.4 Å². The Morgan fingerprint density at radius 3 is 2.21 bits per heavy atom. The second-order valence-electron chi connectivity index (χ2n) is 9.70. The van der Waals surface area contributed by atoms with E-state index in [1.165, 1.54) is 31.4 Å². The zero-order valence-corrected chi connectivity index (χ0v) is 23.6. The highest BCUT2D eigenvalue weighted by atomic mass is 32.2. The summed E-state index contributed by atoms with van der Waals surface area (Å²) in [7, 11) is -2.72. The van der Waals surface area contributed by atoms with Crippen molar-refractivity contribution < 1.29 is 27.5 Å². The molecular formula is C27H33N5O6S. The molecule has 208 valence electrons. The van der Waals surface area contributed by atoms with Crippen LogP contribution < -0.4 is 20.1 Å². The third-order valence-electron chi connectivity index (χ3n) is 5.36. The van der Waals surface area contributed by atoms with Crippen molar-refractivity contribution in [3.63, 3.8) is 0 Å². The van der Waals surface area contributed by atoms with Crippen LogP contribution in [0.2, 0.25) is 0 Å². The van der Waals surface area contributed by atoms with Gasteiger partial charge in [0.15, 0.2) is 0 Å². The number of hydrogen-bond acceptors (Lipinski definition) is 8. The summed E-state index contributed by atoms with van der Waals surface area (Å²) in [5.41, 5.74) is 2.76. The number of aryl methyl sites for hydroxylation is 2. The molecule has 39 heavy (non-hydrogen) atoms. The molecule has 2 aromatic carbocycles. The molecule has 0 aliphatic rings. The number of aromatic nitrogens is 2. The standard InChI is InChI=1S/C27H33N5O6S/c1-17-9-7-10-18(2)23(17)21-16-22(37-6)31-25(30-21)32-39(35,36)20-12-8-11-19(15-20)24(33)28-13-14-29-26(34)38-27(3,4)5/h7-12,15-16H,13-14H2,1-6H3,(H,28,33)(H,29,34)(H,30,31,32). The van der Waals surface area contributed by atoms with Crippen molar-refractivity contribution >= 4 is 28.0 Å². The minimum absolute atomic E-state index is 0.117. The third-order valence-corrected chi connectivity index (χ3v) is 6.69. The second-order valence-corrected chi connectivity index (χ2v) is 11.4. The number of anilines is 1. The van der Waals surface area contributed by atoms with Crippen LogP contribution in [-0.2, 0) is 14.8 Å². The van der Waals surface area contributed by atoms with E-state index in [1.54, 1.807) is 26.8 Å². The quantitative estimate of drug-likeness (QED) is 0.338. The number of carbonyl (C=O) groups is 2. The molecule has 0 radical (unpaired) electrons. The van der Waals surface area contributed by atoms with E-state index in [0.717, 1.165) is 16.7 Å². The molecule has 11 nitrogen and oxygen atoms in total. The monoisotopic (exact) mass is 555 g/mol. The molecule has 1 heterocycles. The summed E-state index contributed by atoms with van der Waals surface area (Å²) in [6.45, 7) is 9.36. The molecule has 0 atom stereocenters. The Balaban J connectivity index is 1.74. The number of sulfonamides is 1. The van der Waals surface area contributed by atoms with Gasteiger partial charge < -0.3 is 20.1 Å². The van der Waals surface area contributed by atoms with Gasteiger partial charge in [0.1, 0.15) is 5.60 Å². The molecule has 0 aliphatic carbocycles. The second kappa shape index (κ2) is 12.1. The van der Waals surface area contributed by atoms with Gasteiger partial charge in [-0.25, -0.2) is 22.9 Å². The van der Waals surface area contributed by atoms with E-state index in [4.69, 9.17) is 9.47 Å². The predicted octanol–water partition coefficient (Wildman–Crippen LogP) is 3.82. The molecule has 0 bridgehead atoms. The average Bonchev–Trinajstić information content (AvgIpc) is 2.85. The van der Waals surface area contributed by atoms with Gasteiger partial charge in [0, 0.05) is 30.3 Å². The number of hydrogen-bond donors (Lipinski definition) is 3. The molecule has 0 saturated carbocycles. The fourth-order valence-corrected chi connectivity index (χ4v) is 4.65. The molecule has 3 rings (SSSR count). The van der Waals surface area contributed by atoms with Crippen molar-refractivity contribution in [2.75, 3.05) is 24.9 Å². The highest BCUT2D eigenvalue weighted by Crippen LogP contribution is 2.29. The van der Waals surface area contributed by atoms with Crippen LogP contribution in [0.3, 0.4) is 0 Å². The minimum atomic E-state index is -4.15. The van der Waals surface area contributed by atoms with Crippen molar-refractivity contribution in [2.45, 2.75) is 45.1 Å². The topological polar surface area (TPSA) is 149 Å². The van der Waals surface area contributed by atoms with Crippen LogP contribution in [0.5, 0.6) is 5.88 Å². The lowest BCUT2D eigenvalue weighted by Gasteiger charge is -2.19. The zero-order valence-electron chi connectivity index (χ0n) is 22.8. The Morgan fingerprint density at radius 1 is 0.923 bits per heavy atom. The van der Waals surface area contributed by atoms with Crippen molar-refractivity contribution in [1.29, 1.82) is 0 Å². The first-order chi connectivity index (χ1) is 18.3. The molecule has 0 aliphatic heterocycles. The lowest BCUT2D eigenvalue weighted by molar-refractivity contribution is 0.0526. The molecule has 0 fully saturated rings. The van der Waals surface area contributed by atoms with Crippen LogP contribution in [0.4, 0.5) is 10.7 Å². The highest BCUT2D eigenvalue weighted by molar-refractivity contribution is 7.92. The van der Waals surface area contributed by atoms with Crippen molar-refractivity contribution in [3.8, 4) is 17.1 Å². The SMILES string of the molecule is COc1cc(-c2c(C)cccc2C)nc(NS(=O)(=O)c2cccc(C(=O)NCCNC(=O)OC(C)(C)C)c2)n1. The molecular weight excluding hydrogens is 522 g/mol. The fraction of sp³-hybridized carbons (Fsp3) is 0.333. The Morgan fingerprint density at radius 2 is 1.56 bits per heavy atom. The number of rotatable bonds is 9. The van der Waals surface area contributed by atoms with Crippen LogP contribution in [0.1, 0.15) is 42.3 Å². The number of carbonyl (C=O) groups excluding carboxylic acids is 2. The number of ether oxygens (including phenoxy) is 2. The van der Waals surface area contributed by atoms with E-state index in [9.17, 15) is 18.0 Å². The lowest BCUT2D eigenvalue weighted by atomic mass is 10.00. The van der Waals surface area contributed by atoms with E-state index in [1.807, 2.05) is 32.0 Å². The van der Waals surface area contributed by atoms with Gasteiger partial charge in [-0.3, -0.25) is 4.79 Å². The first-order valence-electron chi connectivity index (χ1n) is 12.2. The highest BCUT2D eigenvalue weighted by Gasteiger charge is 2.20.